The number of rotatable bonds is 5. The number of hydrogen-bond donors (Lipinski definition) is 1. The molecule has 1 N–H and O–H groups in total. The zero-order valence-corrected chi connectivity index (χ0v) is 15.0. The normalized spacial score (nSPS) is 15.2. The minimum Gasteiger partial charge on any atom is -0.448 e. The number of hydrogen-bond acceptors (Lipinski definition) is 3. The summed E-state index contributed by atoms with van der Waals surface area (Å²) in [6.07, 6.45) is -0.352. The van der Waals surface area contributed by atoms with Gasteiger partial charge in [-0.2, -0.15) is 0 Å². The second-order valence-electron chi connectivity index (χ2n) is 6.82. The van der Waals surface area contributed by atoms with Crippen LogP contribution in [0.4, 0.5) is 4.79 Å². The number of aliphatic hydroxyl groups excluding tert-OH is 1. The Bertz CT molecular complexity index is 713. The van der Waals surface area contributed by atoms with Gasteiger partial charge in [0.2, 0.25) is 0 Å². The van der Waals surface area contributed by atoms with E-state index in [-0.39, 0.29) is 30.6 Å². The molecule has 0 heterocycles. The molecular weight excluding hydrogens is 314 g/mol. The van der Waals surface area contributed by atoms with E-state index in [1.807, 2.05) is 38.1 Å². The van der Waals surface area contributed by atoms with E-state index in [2.05, 4.69) is 24.3 Å². The van der Waals surface area contributed by atoms with Gasteiger partial charge in [0.1, 0.15) is 6.61 Å². The smallest absolute Gasteiger partial charge is 0.409 e. The number of ether oxygens (including phenoxy) is 1. The molecule has 0 radical (unpaired) electrons. The maximum Gasteiger partial charge on any atom is 0.409 e. The molecule has 0 saturated carbocycles. The van der Waals surface area contributed by atoms with Gasteiger partial charge in [-0.1, -0.05) is 55.5 Å². The van der Waals surface area contributed by atoms with Gasteiger partial charge >= 0.3 is 6.09 Å². The molecule has 2 aromatic rings. The molecule has 132 valence electrons. The lowest BCUT2D eigenvalue weighted by atomic mass is 9.98. The standard InChI is InChI=1S/C21H25NO3/c1-14(12-23)15(2)22(3)21(24)25-13-20-18-10-6-4-8-16(18)17-9-5-7-11-19(17)20/h4-11,14-15,20,23H,12-13H2,1-3H3. The van der Waals surface area contributed by atoms with Crippen LogP contribution in [-0.4, -0.2) is 42.4 Å². The van der Waals surface area contributed by atoms with Crippen molar-refractivity contribution in [3.8, 4) is 11.1 Å². The van der Waals surface area contributed by atoms with Crippen molar-refractivity contribution in [1.82, 2.24) is 4.90 Å². The van der Waals surface area contributed by atoms with Crippen LogP contribution in [0.3, 0.4) is 0 Å². The highest BCUT2D eigenvalue weighted by molar-refractivity contribution is 5.79. The van der Waals surface area contributed by atoms with Crippen LogP contribution in [0.2, 0.25) is 0 Å². The monoisotopic (exact) mass is 339 g/mol. The van der Waals surface area contributed by atoms with E-state index in [0.29, 0.717) is 6.61 Å². The lowest BCUT2D eigenvalue weighted by molar-refractivity contribution is 0.0782. The van der Waals surface area contributed by atoms with Gasteiger partial charge in [-0.3, -0.25) is 0 Å². The number of benzene rings is 2. The molecule has 1 amide bonds. The highest BCUT2D eigenvalue weighted by Gasteiger charge is 2.30. The van der Waals surface area contributed by atoms with Crippen molar-refractivity contribution in [2.45, 2.75) is 25.8 Å². The fraction of sp³-hybridized carbons (Fsp3) is 0.381. The van der Waals surface area contributed by atoms with Crippen LogP contribution in [0, 0.1) is 5.92 Å². The van der Waals surface area contributed by atoms with Gasteiger partial charge in [-0.05, 0) is 35.1 Å². The maximum absolute atomic E-state index is 12.4. The number of carbonyl (C=O) groups excluding carboxylic acids is 1. The van der Waals surface area contributed by atoms with Crippen molar-refractivity contribution in [3.63, 3.8) is 0 Å². The highest BCUT2D eigenvalue weighted by Crippen LogP contribution is 2.44. The number of carbonyl (C=O) groups is 1. The average molecular weight is 339 g/mol. The van der Waals surface area contributed by atoms with Gasteiger partial charge in [0, 0.05) is 25.6 Å². The van der Waals surface area contributed by atoms with Crippen LogP contribution in [0.1, 0.15) is 30.9 Å². The predicted octanol–water partition coefficient (Wildman–Crippen LogP) is 3.88. The second kappa shape index (κ2) is 7.28. The van der Waals surface area contributed by atoms with Crippen LogP contribution in [0.5, 0.6) is 0 Å². The molecule has 3 rings (SSSR count). The summed E-state index contributed by atoms with van der Waals surface area (Å²) in [5, 5.41) is 9.28. The predicted molar refractivity (Wildman–Crippen MR) is 98.5 cm³/mol. The van der Waals surface area contributed by atoms with Crippen LogP contribution in [0.15, 0.2) is 48.5 Å². The van der Waals surface area contributed by atoms with E-state index >= 15 is 0 Å². The fourth-order valence-electron chi connectivity index (χ4n) is 3.40. The summed E-state index contributed by atoms with van der Waals surface area (Å²) in [7, 11) is 1.72. The van der Waals surface area contributed by atoms with Crippen molar-refractivity contribution in [3.05, 3.63) is 59.7 Å². The number of aliphatic hydroxyl groups is 1. The third kappa shape index (κ3) is 3.27. The molecule has 2 unspecified atom stereocenters. The summed E-state index contributed by atoms with van der Waals surface area (Å²) in [5.74, 6) is 0.0702. The zero-order valence-electron chi connectivity index (χ0n) is 15.0. The van der Waals surface area contributed by atoms with Crippen LogP contribution in [-0.2, 0) is 4.74 Å². The third-order valence-corrected chi connectivity index (χ3v) is 5.35. The summed E-state index contributed by atoms with van der Waals surface area (Å²) in [5.41, 5.74) is 4.84. The topological polar surface area (TPSA) is 49.8 Å². The quantitative estimate of drug-likeness (QED) is 0.899. The SMILES string of the molecule is CC(CO)C(C)N(C)C(=O)OCC1c2ccccc2-c2ccccc21. The van der Waals surface area contributed by atoms with E-state index in [1.165, 1.54) is 22.3 Å². The van der Waals surface area contributed by atoms with Gasteiger partial charge in [-0.25, -0.2) is 4.79 Å². The average Bonchev–Trinajstić information content (AvgIpc) is 2.98. The van der Waals surface area contributed by atoms with Gasteiger partial charge in [0.15, 0.2) is 0 Å². The molecule has 25 heavy (non-hydrogen) atoms. The molecular formula is C21H25NO3. The summed E-state index contributed by atoms with van der Waals surface area (Å²) in [6.45, 7) is 4.19. The van der Waals surface area contributed by atoms with Crippen LogP contribution in [0.25, 0.3) is 11.1 Å². The summed E-state index contributed by atoms with van der Waals surface area (Å²) in [4.78, 5) is 14.0. The minimum absolute atomic E-state index is 0.00508. The van der Waals surface area contributed by atoms with Crippen molar-refractivity contribution < 1.29 is 14.6 Å². The largest absolute Gasteiger partial charge is 0.448 e. The second-order valence-corrected chi connectivity index (χ2v) is 6.82. The van der Waals surface area contributed by atoms with Crippen molar-refractivity contribution in [1.29, 1.82) is 0 Å². The fourth-order valence-corrected chi connectivity index (χ4v) is 3.40. The van der Waals surface area contributed by atoms with E-state index in [1.54, 1.807) is 11.9 Å². The van der Waals surface area contributed by atoms with Crippen LogP contribution < -0.4 is 0 Å². The van der Waals surface area contributed by atoms with Crippen molar-refractivity contribution in [2.75, 3.05) is 20.3 Å². The Morgan fingerprint density at radius 2 is 1.60 bits per heavy atom. The third-order valence-electron chi connectivity index (χ3n) is 5.35. The van der Waals surface area contributed by atoms with Crippen molar-refractivity contribution in [2.24, 2.45) is 5.92 Å². The lowest BCUT2D eigenvalue weighted by Crippen LogP contribution is -2.40. The zero-order chi connectivity index (χ0) is 18.0. The Hall–Kier alpha value is -2.33. The maximum atomic E-state index is 12.4. The number of amides is 1. The lowest BCUT2D eigenvalue weighted by Gasteiger charge is -2.28. The molecule has 2 atom stereocenters. The minimum atomic E-state index is -0.352. The first-order chi connectivity index (χ1) is 12.0. The summed E-state index contributed by atoms with van der Waals surface area (Å²) < 4.78 is 5.62. The van der Waals surface area contributed by atoms with E-state index in [9.17, 15) is 9.90 Å². The molecule has 1 aliphatic rings. The van der Waals surface area contributed by atoms with Gasteiger partial charge < -0.3 is 14.7 Å². The molecule has 0 aromatic heterocycles. The van der Waals surface area contributed by atoms with Gasteiger partial charge in [0.05, 0.1) is 0 Å². The number of nitrogens with zero attached hydrogens (tertiary/aromatic N) is 1. The first kappa shape index (κ1) is 17.5. The first-order valence-electron chi connectivity index (χ1n) is 8.73. The van der Waals surface area contributed by atoms with E-state index < -0.39 is 0 Å². The molecule has 0 aliphatic heterocycles. The Kier molecular flexibility index (Phi) is 5.09. The first-order valence-corrected chi connectivity index (χ1v) is 8.73. The molecule has 0 spiro atoms. The molecule has 4 nitrogen and oxygen atoms in total. The highest BCUT2D eigenvalue weighted by atomic mass is 16.6. The Labute approximate surface area is 149 Å². The molecule has 1 aliphatic carbocycles. The number of fused-ring (bicyclic) bond motifs is 3. The summed E-state index contributed by atoms with van der Waals surface area (Å²) >= 11 is 0. The van der Waals surface area contributed by atoms with E-state index in [4.69, 9.17) is 4.74 Å². The molecule has 0 saturated heterocycles. The Morgan fingerprint density at radius 3 is 2.12 bits per heavy atom. The van der Waals surface area contributed by atoms with Gasteiger partial charge in [0.25, 0.3) is 0 Å². The Balaban J connectivity index is 1.74. The molecule has 2 aromatic carbocycles. The summed E-state index contributed by atoms with van der Waals surface area (Å²) in [6, 6.07) is 16.5. The Morgan fingerprint density at radius 1 is 1.08 bits per heavy atom. The van der Waals surface area contributed by atoms with Crippen LogP contribution >= 0.6 is 0 Å². The van der Waals surface area contributed by atoms with Gasteiger partial charge in [-0.15, -0.1) is 0 Å². The molecule has 0 bridgehead atoms. The van der Waals surface area contributed by atoms with Crippen molar-refractivity contribution >= 4 is 6.09 Å². The molecule has 0 fully saturated rings. The molecule has 4 heteroatoms. The van der Waals surface area contributed by atoms with E-state index in [0.717, 1.165) is 0 Å².